The van der Waals surface area contributed by atoms with Gasteiger partial charge in [-0.1, -0.05) is 19.3 Å². The van der Waals surface area contributed by atoms with Gasteiger partial charge in [0.25, 0.3) is 0 Å². The molecule has 2 rings (SSSR count). The standard InChI is InChI=1S/C13H20FN3O.ClH/c14-10-6-11(7-15)17(8-10)13(18)12(16)9-4-2-1-3-5-9;/h9-12H,1-6,8,16H2;1H/t10-,11-,12-;/m0./s1. The zero-order valence-corrected chi connectivity index (χ0v) is 11.7. The summed E-state index contributed by atoms with van der Waals surface area (Å²) in [6.07, 6.45) is 4.40. The lowest BCUT2D eigenvalue weighted by molar-refractivity contribution is -0.134. The fraction of sp³-hybridized carbons (Fsp3) is 0.846. The number of nitriles is 1. The van der Waals surface area contributed by atoms with Crippen molar-refractivity contribution in [3.8, 4) is 6.07 Å². The van der Waals surface area contributed by atoms with Gasteiger partial charge in [-0.05, 0) is 18.8 Å². The minimum Gasteiger partial charge on any atom is -0.322 e. The summed E-state index contributed by atoms with van der Waals surface area (Å²) < 4.78 is 13.3. The van der Waals surface area contributed by atoms with Gasteiger partial charge >= 0.3 is 0 Å². The van der Waals surface area contributed by atoms with Crippen molar-refractivity contribution in [3.63, 3.8) is 0 Å². The zero-order chi connectivity index (χ0) is 13.1. The molecule has 2 N–H and O–H groups in total. The highest BCUT2D eigenvalue weighted by Gasteiger charge is 2.39. The molecule has 0 spiro atoms. The molecule has 2 fully saturated rings. The maximum Gasteiger partial charge on any atom is 0.240 e. The first-order chi connectivity index (χ1) is 8.63. The largest absolute Gasteiger partial charge is 0.322 e. The number of carbonyl (C=O) groups is 1. The normalized spacial score (nSPS) is 29.4. The number of amides is 1. The lowest BCUT2D eigenvalue weighted by atomic mass is 9.83. The Bertz CT molecular complexity index is 354. The Morgan fingerprint density at radius 1 is 1.37 bits per heavy atom. The molecular formula is C13H21ClFN3O. The molecule has 0 aromatic heterocycles. The molecule has 0 aromatic carbocycles. The van der Waals surface area contributed by atoms with Gasteiger partial charge in [0.15, 0.2) is 0 Å². The molecule has 1 saturated heterocycles. The number of nitrogens with two attached hydrogens (primary N) is 1. The molecule has 2 aliphatic rings. The Morgan fingerprint density at radius 3 is 2.58 bits per heavy atom. The molecule has 19 heavy (non-hydrogen) atoms. The predicted octanol–water partition coefficient (Wildman–Crippen LogP) is 1.78. The van der Waals surface area contributed by atoms with E-state index in [2.05, 4.69) is 0 Å². The highest BCUT2D eigenvalue weighted by atomic mass is 35.5. The molecular weight excluding hydrogens is 269 g/mol. The van der Waals surface area contributed by atoms with E-state index in [0.29, 0.717) is 0 Å². The summed E-state index contributed by atoms with van der Waals surface area (Å²) in [6.45, 7) is 0.0253. The van der Waals surface area contributed by atoms with Gasteiger partial charge in [0.1, 0.15) is 12.2 Å². The average molecular weight is 290 g/mol. The smallest absolute Gasteiger partial charge is 0.240 e. The van der Waals surface area contributed by atoms with Crippen LogP contribution in [0.3, 0.4) is 0 Å². The van der Waals surface area contributed by atoms with Gasteiger partial charge in [-0.3, -0.25) is 4.79 Å². The van der Waals surface area contributed by atoms with Crippen LogP contribution in [-0.2, 0) is 4.79 Å². The van der Waals surface area contributed by atoms with Crippen LogP contribution < -0.4 is 5.73 Å². The molecule has 6 heteroatoms. The van der Waals surface area contributed by atoms with Crippen molar-refractivity contribution in [2.45, 2.75) is 56.8 Å². The number of alkyl halides is 1. The molecule has 108 valence electrons. The molecule has 3 atom stereocenters. The number of carbonyl (C=O) groups excluding carboxylic acids is 1. The SMILES string of the molecule is Cl.N#C[C@@H]1C[C@H](F)CN1C(=O)[C@@H](N)C1CCCCC1. The second kappa shape index (κ2) is 7.06. The summed E-state index contributed by atoms with van der Waals surface area (Å²) in [5.41, 5.74) is 6.01. The fourth-order valence-electron chi connectivity index (χ4n) is 3.04. The summed E-state index contributed by atoms with van der Waals surface area (Å²) in [4.78, 5) is 13.6. The Balaban J connectivity index is 0.00000180. The molecule has 0 bridgehead atoms. The average Bonchev–Trinajstić information content (AvgIpc) is 2.79. The molecule has 1 aliphatic carbocycles. The van der Waals surface area contributed by atoms with E-state index in [-0.39, 0.29) is 37.2 Å². The van der Waals surface area contributed by atoms with Crippen LogP contribution in [0.1, 0.15) is 38.5 Å². The van der Waals surface area contributed by atoms with E-state index in [1.54, 1.807) is 0 Å². The first-order valence-corrected chi connectivity index (χ1v) is 6.73. The second-order valence-electron chi connectivity index (χ2n) is 5.39. The van der Waals surface area contributed by atoms with E-state index >= 15 is 0 Å². The lowest BCUT2D eigenvalue weighted by Crippen LogP contribution is -2.49. The van der Waals surface area contributed by atoms with E-state index in [1.165, 1.54) is 11.3 Å². The van der Waals surface area contributed by atoms with Crippen LogP contribution >= 0.6 is 12.4 Å². The van der Waals surface area contributed by atoms with Crippen molar-refractivity contribution < 1.29 is 9.18 Å². The zero-order valence-electron chi connectivity index (χ0n) is 10.9. The topological polar surface area (TPSA) is 70.1 Å². The number of hydrogen-bond acceptors (Lipinski definition) is 3. The van der Waals surface area contributed by atoms with Crippen molar-refractivity contribution in [1.82, 2.24) is 4.90 Å². The minimum atomic E-state index is -1.09. The third kappa shape index (κ3) is 3.58. The Morgan fingerprint density at radius 2 is 2.00 bits per heavy atom. The molecule has 1 amide bonds. The Hall–Kier alpha value is -0.860. The van der Waals surface area contributed by atoms with Crippen molar-refractivity contribution in [1.29, 1.82) is 5.26 Å². The van der Waals surface area contributed by atoms with Crippen LogP contribution in [0, 0.1) is 17.2 Å². The maximum absolute atomic E-state index is 13.3. The van der Waals surface area contributed by atoms with Crippen LogP contribution in [0.5, 0.6) is 0 Å². The molecule has 1 saturated carbocycles. The van der Waals surface area contributed by atoms with Gasteiger partial charge in [0, 0.05) is 6.42 Å². The summed E-state index contributed by atoms with van der Waals surface area (Å²) in [6, 6.07) is 0.792. The van der Waals surface area contributed by atoms with E-state index in [9.17, 15) is 9.18 Å². The molecule has 4 nitrogen and oxygen atoms in total. The summed E-state index contributed by atoms with van der Waals surface area (Å²) >= 11 is 0. The minimum absolute atomic E-state index is 0. The summed E-state index contributed by atoms with van der Waals surface area (Å²) in [5, 5.41) is 8.94. The predicted molar refractivity (Wildman–Crippen MR) is 72.4 cm³/mol. The molecule has 0 unspecified atom stereocenters. The number of hydrogen-bond donors (Lipinski definition) is 1. The fourth-order valence-corrected chi connectivity index (χ4v) is 3.04. The van der Waals surface area contributed by atoms with Crippen LogP contribution in [0.4, 0.5) is 4.39 Å². The van der Waals surface area contributed by atoms with Gasteiger partial charge < -0.3 is 10.6 Å². The van der Waals surface area contributed by atoms with Crippen LogP contribution in [0.15, 0.2) is 0 Å². The monoisotopic (exact) mass is 289 g/mol. The third-order valence-corrected chi connectivity index (χ3v) is 4.12. The quantitative estimate of drug-likeness (QED) is 0.842. The highest BCUT2D eigenvalue weighted by Crippen LogP contribution is 2.28. The molecule has 1 heterocycles. The van der Waals surface area contributed by atoms with Crippen molar-refractivity contribution in [2.24, 2.45) is 11.7 Å². The maximum atomic E-state index is 13.3. The van der Waals surface area contributed by atoms with E-state index in [1.807, 2.05) is 6.07 Å². The third-order valence-electron chi connectivity index (χ3n) is 4.12. The van der Waals surface area contributed by atoms with E-state index in [0.717, 1.165) is 25.7 Å². The van der Waals surface area contributed by atoms with Crippen molar-refractivity contribution in [2.75, 3.05) is 6.54 Å². The van der Waals surface area contributed by atoms with Gasteiger partial charge in [0.05, 0.1) is 18.7 Å². The van der Waals surface area contributed by atoms with Gasteiger partial charge in [-0.15, -0.1) is 12.4 Å². The molecule has 0 aromatic rings. The first-order valence-electron chi connectivity index (χ1n) is 6.73. The summed E-state index contributed by atoms with van der Waals surface area (Å²) in [7, 11) is 0. The van der Waals surface area contributed by atoms with Gasteiger partial charge in [-0.25, -0.2) is 4.39 Å². The van der Waals surface area contributed by atoms with E-state index in [4.69, 9.17) is 11.0 Å². The first kappa shape index (κ1) is 16.2. The summed E-state index contributed by atoms with van der Waals surface area (Å²) in [5.74, 6) is -0.0437. The van der Waals surface area contributed by atoms with Gasteiger partial charge in [0.2, 0.25) is 5.91 Å². The molecule has 0 radical (unpaired) electrons. The lowest BCUT2D eigenvalue weighted by Gasteiger charge is -2.30. The van der Waals surface area contributed by atoms with E-state index < -0.39 is 18.3 Å². The second-order valence-corrected chi connectivity index (χ2v) is 5.39. The van der Waals surface area contributed by atoms with Gasteiger partial charge in [-0.2, -0.15) is 5.26 Å². The van der Waals surface area contributed by atoms with Crippen LogP contribution in [-0.4, -0.2) is 35.6 Å². The number of nitrogens with zero attached hydrogens (tertiary/aromatic N) is 2. The number of likely N-dealkylation sites (tertiary alicyclic amines) is 1. The van der Waals surface area contributed by atoms with Crippen LogP contribution in [0.25, 0.3) is 0 Å². The van der Waals surface area contributed by atoms with Crippen LogP contribution in [0.2, 0.25) is 0 Å². The Labute approximate surface area is 119 Å². The van der Waals surface area contributed by atoms with Crippen molar-refractivity contribution in [3.05, 3.63) is 0 Å². The van der Waals surface area contributed by atoms with Crippen molar-refractivity contribution >= 4 is 18.3 Å². The number of halogens is 2. The molecule has 1 aliphatic heterocycles. The Kier molecular flexibility index (Phi) is 6.02. The number of rotatable bonds is 2. The highest BCUT2D eigenvalue weighted by molar-refractivity contribution is 5.85.